The minimum absolute atomic E-state index is 0.204. The first-order valence-electron chi connectivity index (χ1n) is 5.30. The first-order chi connectivity index (χ1) is 7.86. The van der Waals surface area contributed by atoms with Crippen LogP contribution in [0.1, 0.15) is 6.42 Å². The molecule has 1 N–H and O–H groups in total. The molecule has 0 aliphatic rings. The van der Waals surface area contributed by atoms with Crippen LogP contribution in [0.5, 0.6) is 0 Å². The lowest BCUT2D eigenvalue weighted by atomic mass is 10.3. The van der Waals surface area contributed by atoms with Crippen LogP contribution in [0.15, 0.2) is 43.0 Å². The van der Waals surface area contributed by atoms with E-state index in [1.807, 2.05) is 16.8 Å². The van der Waals surface area contributed by atoms with Crippen LogP contribution in [0.25, 0.3) is 0 Å². The molecule has 4 heteroatoms. The molecule has 84 valence electrons. The summed E-state index contributed by atoms with van der Waals surface area (Å²) in [6.45, 7) is 1.64. The second-order valence-electron chi connectivity index (χ2n) is 3.56. The summed E-state index contributed by atoms with van der Waals surface area (Å²) in [7, 11) is 0. The summed E-state index contributed by atoms with van der Waals surface area (Å²) in [5, 5.41) is 3.07. The Morgan fingerprint density at radius 3 is 2.94 bits per heavy atom. The van der Waals surface area contributed by atoms with Crippen LogP contribution in [0.2, 0.25) is 0 Å². The maximum atomic E-state index is 13.2. The van der Waals surface area contributed by atoms with Crippen LogP contribution < -0.4 is 5.32 Å². The lowest BCUT2D eigenvalue weighted by Gasteiger charge is -2.07. The number of hydrogen-bond donors (Lipinski definition) is 1. The summed E-state index contributed by atoms with van der Waals surface area (Å²) in [5.74, 6) is -0.204. The molecule has 1 aromatic carbocycles. The highest BCUT2D eigenvalue weighted by molar-refractivity contribution is 5.44. The van der Waals surface area contributed by atoms with Gasteiger partial charge in [-0.2, -0.15) is 0 Å². The molecule has 0 fully saturated rings. The van der Waals surface area contributed by atoms with Gasteiger partial charge < -0.3 is 9.88 Å². The van der Waals surface area contributed by atoms with E-state index >= 15 is 0 Å². The van der Waals surface area contributed by atoms with Crippen molar-refractivity contribution in [2.45, 2.75) is 13.0 Å². The average Bonchev–Trinajstić information content (AvgIpc) is 2.79. The Bertz CT molecular complexity index is 426. The van der Waals surface area contributed by atoms with Crippen molar-refractivity contribution in [3.8, 4) is 0 Å². The fraction of sp³-hybridized carbons (Fsp3) is 0.250. The number of nitrogens with zero attached hydrogens (tertiary/aromatic N) is 2. The van der Waals surface area contributed by atoms with Gasteiger partial charge in [-0.25, -0.2) is 9.37 Å². The minimum Gasteiger partial charge on any atom is -0.383 e. The van der Waals surface area contributed by atoms with Crippen LogP contribution in [0.3, 0.4) is 0 Å². The van der Waals surface area contributed by atoms with E-state index in [1.165, 1.54) is 6.07 Å². The Labute approximate surface area is 93.9 Å². The predicted molar refractivity (Wildman–Crippen MR) is 61.7 cm³/mol. The lowest BCUT2D eigenvalue weighted by molar-refractivity contribution is 0.625. The number of aryl methyl sites for hydroxylation is 1. The van der Waals surface area contributed by atoms with Crippen molar-refractivity contribution < 1.29 is 4.39 Å². The van der Waals surface area contributed by atoms with E-state index in [1.54, 1.807) is 24.7 Å². The van der Waals surface area contributed by atoms with Crippen molar-refractivity contribution in [1.82, 2.24) is 9.55 Å². The fourth-order valence-corrected chi connectivity index (χ4v) is 1.51. The van der Waals surface area contributed by atoms with E-state index in [0.717, 1.165) is 19.5 Å². The van der Waals surface area contributed by atoms with Gasteiger partial charge in [-0.1, -0.05) is 12.1 Å². The van der Waals surface area contributed by atoms with Gasteiger partial charge in [-0.15, -0.1) is 0 Å². The Hall–Kier alpha value is -1.84. The minimum atomic E-state index is -0.204. The van der Waals surface area contributed by atoms with Gasteiger partial charge in [0, 0.05) is 25.5 Å². The summed E-state index contributed by atoms with van der Waals surface area (Å²) in [5.41, 5.74) is 0.563. The lowest BCUT2D eigenvalue weighted by Crippen LogP contribution is -2.06. The predicted octanol–water partition coefficient (Wildman–Crippen LogP) is 2.52. The van der Waals surface area contributed by atoms with Gasteiger partial charge in [-0.05, 0) is 18.6 Å². The quantitative estimate of drug-likeness (QED) is 0.783. The molecular formula is C12H14FN3. The zero-order valence-electron chi connectivity index (χ0n) is 8.94. The molecule has 0 saturated carbocycles. The maximum Gasteiger partial charge on any atom is 0.146 e. The van der Waals surface area contributed by atoms with E-state index in [9.17, 15) is 4.39 Å². The summed E-state index contributed by atoms with van der Waals surface area (Å²) >= 11 is 0. The maximum absolute atomic E-state index is 13.2. The Balaban J connectivity index is 1.74. The van der Waals surface area contributed by atoms with Crippen molar-refractivity contribution in [1.29, 1.82) is 0 Å². The molecule has 0 bridgehead atoms. The molecule has 3 nitrogen and oxygen atoms in total. The molecule has 2 rings (SSSR count). The SMILES string of the molecule is Fc1ccccc1NCCCn1ccnc1. The first-order valence-corrected chi connectivity index (χ1v) is 5.30. The van der Waals surface area contributed by atoms with Crippen LogP contribution in [-0.4, -0.2) is 16.1 Å². The largest absolute Gasteiger partial charge is 0.383 e. The topological polar surface area (TPSA) is 29.9 Å². The number of nitrogens with one attached hydrogen (secondary N) is 1. The smallest absolute Gasteiger partial charge is 0.146 e. The standard InChI is InChI=1S/C12H14FN3/c13-11-4-1-2-5-12(11)15-6-3-8-16-9-7-14-10-16/h1-2,4-5,7,9-10,15H,3,6,8H2. The number of imidazole rings is 1. The van der Waals surface area contributed by atoms with Crippen molar-refractivity contribution >= 4 is 5.69 Å². The molecular weight excluding hydrogens is 205 g/mol. The molecule has 0 spiro atoms. The van der Waals surface area contributed by atoms with E-state index < -0.39 is 0 Å². The molecule has 0 unspecified atom stereocenters. The number of halogens is 1. The highest BCUT2D eigenvalue weighted by Crippen LogP contribution is 2.11. The summed E-state index contributed by atoms with van der Waals surface area (Å²) in [6, 6.07) is 6.71. The molecule has 0 atom stereocenters. The van der Waals surface area contributed by atoms with Gasteiger partial charge in [0.25, 0.3) is 0 Å². The monoisotopic (exact) mass is 219 g/mol. The number of hydrogen-bond acceptors (Lipinski definition) is 2. The van der Waals surface area contributed by atoms with Gasteiger partial charge in [0.1, 0.15) is 5.82 Å². The number of rotatable bonds is 5. The highest BCUT2D eigenvalue weighted by atomic mass is 19.1. The van der Waals surface area contributed by atoms with Gasteiger partial charge >= 0.3 is 0 Å². The van der Waals surface area contributed by atoms with Crippen LogP contribution >= 0.6 is 0 Å². The van der Waals surface area contributed by atoms with E-state index in [0.29, 0.717) is 5.69 Å². The number of anilines is 1. The summed E-state index contributed by atoms with van der Waals surface area (Å²) < 4.78 is 15.2. The van der Waals surface area contributed by atoms with Crippen molar-refractivity contribution in [2.75, 3.05) is 11.9 Å². The van der Waals surface area contributed by atoms with Crippen molar-refractivity contribution in [3.05, 3.63) is 48.8 Å². The third-order valence-electron chi connectivity index (χ3n) is 2.34. The van der Waals surface area contributed by atoms with Crippen LogP contribution in [0.4, 0.5) is 10.1 Å². The van der Waals surface area contributed by atoms with Gasteiger partial charge in [-0.3, -0.25) is 0 Å². The van der Waals surface area contributed by atoms with E-state index in [4.69, 9.17) is 0 Å². The van der Waals surface area contributed by atoms with Gasteiger partial charge in [0.2, 0.25) is 0 Å². The Morgan fingerprint density at radius 2 is 2.19 bits per heavy atom. The summed E-state index contributed by atoms with van der Waals surface area (Å²) in [4.78, 5) is 3.96. The number of benzene rings is 1. The average molecular weight is 219 g/mol. The molecule has 0 radical (unpaired) electrons. The zero-order valence-corrected chi connectivity index (χ0v) is 8.94. The zero-order chi connectivity index (χ0) is 11.2. The molecule has 2 aromatic rings. The van der Waals surface area contributed by atoms with Crippen molar-refractivity contribution in [2.24, 2.45) is 0 Å². The first kappa shape index (κ1) is 10.7. The van der Waals surface area contributed by atoms with E-state index in [-0.39, 0.29) is 5.82 Å². The normalized spacial score (nSPS) is 10.3. The molecule has 0 amide bonds. The Morgan fingerprint density at radius 1 is 1.31 bits per heavy atom. The van der Waals surface area contributed by atoms with Crippen molar-refractivity contribution in [3.63, 3.8) is 0 Å². The molecule has 1 aromatic heterocycles. The molecule has 0 aliphatic carbocycles. The van der Waals surface area contributed by atoms with Crippen LogP contribution in [0, 0.1) is 5.82 Å². The Kier molecular flexibility index (Phi) is 3.53. The fourth-order valence-electron chi connectivity index (χ4n) is 1.51. The third kappa shape index (κ3) is 2.82. The molecule has 0 aliphatic heterocycles. The summed E-state index contributed by atoms with van der Waals surface area (Å²) in [6.07, 6.45) is 6.39. The number of para-hydroxylation sites is 1. The molecule has 1 heterocycles. The molecule has 0 saturated heterocycles. The third-order valence-corrected chi connectivity index (χ3v) is 2.34. The van der Waals surface area contributed by atoms with Gasteiger partial charge in [0.15, 0.2) is 0 Å². The second kappa shape index (κ2) is 5.30. The number of aromatic nitrogens is 2. The van der Waals surface area contributed by atoms with Crippen LogP contribution in [-0.2, 0) is 6.54 Å². The molecule has 16 heavy (non-hydrogen) atoms. The van der Waals surface area contributed by atoms with Gasteiger partial charge in [0.05, 0.1) is 12.0 Å². The van der Waals surface area contributed by atoms with E-state index in [2.05, 4.69) is 10.3 Å². The highest BCUT2D eigenvalue weighted by Gasteiger charge is 1.98. The second-order valence-corrected chi connectivity index (χ2v) is 3.56.